The van der Waals surface area contributed by atoms with E-state index in [1.807, 2.05) is 0 Å². The number of hydrogen-bond acceptors (Lipinski definition) is 0. The van der Waals surface area contributed by atoms with Crippen molar-refractivity contribution < 1.29 is 0 Å². The van der Waals surface area contributed by atoms with Gasteiger partial charge < -0.3 is 0 Å². The van der Waals surface area contributed by atoms with Crippen LogP contribution < -0.4 is 0 Å². The molecule has 0 N–H and O–H groups in total. The zero-order valence-electron chi connectivity index (χ0n) is 9.46. The molecule has 0 fully saturated rings. The molecule has 0 heteroatoms. The number of aryl methyl sites for hydroxylation is 2. The topological polar surface area (TPSA) is 0 Å². The largest absolute Gasteiger partial charge is 0.0871 e. The van der Waals surface area contributed by atoms with E-state index in [9.17, 15) is 0 Å². The van der Waals surface area contributed by atoms with Gasteiger partial charge in [0.05, 0.1) is 0 Å². The maximum Gasteiger partial charge on any atom is -0.0156 e. The lowest BCUT2D eigenvalue weighted by Crippen LogP contribution is -1.87. The van der Waals surface area contributed by atoms with Crippen molar-refractivity contribution >= 4 is 5.57 Å². The highest BCUT2D eigenvalue weighted by Gasteiger charge is 2.00. The molecule has 0 bridgehead atoms. The van der Waals surface area contributed by atoms with Gasteiger partial charge in [0.1, 0.15) is 0 Å². The van der Waals surface area contributed by atoms with E-state index in [0.29, 0.717) is 0 Å². The van der Waals surface area contributed by atoms with Gasteiger partial charge in [-0.2, -0.15) is 0 Å². The summed E-state index contributed by atoms with van der Waals surface area (Å²) in [6.45, 7) is 8.42. The normalized spacial score (nSPS) is 12.4. The van der Waals surface area contributed by atoms with E-state index in [0.717, 1.165) is 0 Å². The van der Waals surface area contributed by atoms with Crippen molar-refractivity contribution in [1.29, 1.82) is 0 Å². The van der Waals surface area contributed by atoms with Crippen LogP contribution in [0.5, 0.6) is 0 Å². The van der Waals surface area contributed by atoms with Gasteiger partial charge in [-0.3, -0.25) is 0 Å². The van der Waals surface area contributed by atoms with Crippen LogP contribution in [-0.4, -0.2) is 0 Å². The molecule has 1 aromatic rings. The lowest BCUT2D eigenvalue weighted by Gasteiger charge is -2.07. The van der Waals surface area contributed by atoms with Gasteiger partial charge in [0.25, 0.3) is 0 Å². The second-order valence-corrected chi connectivity index (χ2v) is 3.56. The Bertz CT molecular complexity index is 368. The zero-order chi connectivity index (χ0) is 10.6. The third-order valence-corrected chi connectivity index (χ3v) is 2.36. The predicted octanol–water partition coefficient (Wildman–Crippen LogP) is 4.28. The molecule has 1 rings (SSSR count). The SMILES string of the molecule is CC=CC(=CC)c1cc(C)ccc1C. The molecular weight excluding hydrogens is 168 g/mol. The van der Waals surface area contributed by atoms with Crippen LogP contribution in [0.4, 0.5) is 0 Å². The van der Waals surface area contributed by atoms with Gasteiger partial charge in [0.15, 0.2) is 0 Å². The molecule has 0 aliphatic carbocycles. The molecule has 1 aromatic carbocycles. The molecule has 0 radical (unpaired) electrons. The summed E-state index contributed by atoms with van der Waals surface area (Å²) in [5, 5.41) is 0. The molecule has 74 valence electrons. The monoisotopic (exact) mass is 186 g/mol. The van der Waals surface area contributed by atoms with Crippen LogP contribution >= 0.6 is 0 Å². The summed E-state index contributed by atoms with van der Waals surface area (Å²) in [6.07, 6.45) is 6.39. The maximum absolute atomic E-state index is 2.24. The first kappa shape index (κ1) is 10.8. The zero-order valence-corrected chi connectivity index (χ0v) is 9.46. The smallest absolute Gasteiger partial charge is 0.0156 e. The fraction of sp³-hybridized carbons (Fsp3) is 0.286. The van der Waals surface area contributed by atoms with E-state index in [1.165, 1.54) is 22.3 Å². The Hall–Kier alpha value is -1.30. The van der Waals surface area contributed by atoms with Gasteiger partial charge in [-0.15, -0.1) is 0 Å². The van der Waals surface area contributed by atoms with E-state index in [4.69, 9.17) is 0 Å². The standard InChI is InChI=1S/C14H18/c1-5-7-13(6-2)14-10-11(3)8-9-12(14)4/h5-10H,1-4H3. The summed E-state index contributed by atoms with van der Waals surface area (Å²) in [4.78, 5) is 0. The number of benzene rings is 1. The maximum atomic E-state index is 2.24. The average molecular weight is 186 g/mol. The van der Waals surface area contributed by atoms with E-state index >= 15 is 0 Å². The first-order valence-electron chi connectivity index (χ1n) is 5.05. The van der Waals surface area contributed by atoms with Crippen molar-refractivity contribution in [2.45, 2.75) is 27.7 Å². The summed E-state index contributed by atoms with van der Waals surface area (Å²) < 4.78 is 0. The van der Waals surface area contributed by atoms with Crippen molar-refractivity contribution in [1.82, 2.24) is 0 Å². The van der Waals surface area contributed by atoms with E-state index in [2.05, 4.69) is 64.1 Å². The predicted molar refractivity (Wildman–Crippen MR) is 64.4 cm³/mol. The van der Waals surface area contributed by atoms with Gasteiger partial charge >= 0.3 is 0 Å². The fourth-order valence-corrected chi connectivity index (χ4v) is 1.57. The van der Waals surface area contributed by atoms with E-state index < -0.39 is 0 Å². The molecule has 0 unspecified atom stereocenters. The molecule has 14 heavy (non-hydrogen) atoms. The number of hydrogen-bond donors (Lipinski definition) is 0. The molecule has 0 aliphatic heterocycles. The van der Waals surface area contributed by atoms with Gasteiger partial charge in [-0.25, -0.2) is 0 Å². The van der Waals surface area contributed by atoms with Crippen molar-refractivity contribution in [2.75, 3.05) is 0 Å². The van der Waals surface area contributed by atoms with E-state index in [-0.39, 0.29) is 0 Å². The van der Waals surface area contributed by atoms with Crippen molar-refractivity contribution in [3.8, 4) is 0 Å². The van der Waals surface area contributed by atoms with Crippen molar-refractivity contribution in [3.05, 3.63) is 53.1 Å². The molecule has 0 spiro atoms. The number of rotatable bonds is 2. The quantitative estimate of drug-likeness (QED) is 0.605. The van der Waals surface area contributed by atoms with Crippen LogP contribution in [-0.2, 0) is 0 Å². The van der Waals surface area contributed by atoms with Crippen LogP contribution in [0.3, 0.4) is 0 Å². The Kier molecular flexibility index (Phi) is 3.70. The van der Waals surface area contributed by atoms with Crippen molar-refractivity contribution in [3.63, 3.8) is 0 Å². The summed E-state index contributed by atoms with van der Waals surface area (Å²) in [5.41, 5.74) is 5.29. The van der Waals surface area contributed by atoms with Gasteiger partial charge in [0, 0.05) is 0 Å². The fourth-order valence-electron chi connectivity index (χ4n) is 1.57. The molecule has 0 aliphatic rings. The second-order valence-electron chi connectivity index (χ2n) is 3.56. The Labute approximate surface area is 87.0 Å². The molecule has 0 saturated carbocycles. The molecule has 0 amide bonds. The molecular formula is C14H18. The summed E-state index contributed by atoms with van der Waals surface area (Å²) in [5.74, 6) is 0. The minimum absolute atomic E-state index is 1.30. The summed E-state index contributed by atoms with van der Waals surface area (Å²) in [7, 11) is 0. The minimum Gasteiger partial charge on any atom is -0.0871 e. The second kappa shape index (κ2) is 4.80. The van der Waals surface area contributed by atoms with Crippen LogP contribution in [0.1, 0.15) is 30.5 Å². The number of allylic oxidation sites excluding steroid dienone is 4. The third kappa shape index (κ3) is 2.35. The highest BCUT2D eigenvalue weighted by molar-refractivity contribution is 5.75. The van der Waals surface area contributed by atoms with Gasteiger partial charge in [-0.1, -0.05) is 42.0 Å². The van der Waals surface area contributed by atoms with Crippen LogP contribution in [0, 0.1) is 13.8 Å². The Morgan fingerprint density at radius 3 is 2.43 bits per heavy atom. The van der Waals surface area contributed by atoms with Crippen LogP contribution in [0.15, 0.2) is 36.4 Å². The summed E-state index contributed by atoms with van der Waals surface area (Å²) in [6, 6.07) is 6.57. The lowest BCUT2D eigenvalue weighted by atomic mass is 9.98. The van der Waals surface area contributed by atoms with Crippen molar-refractivity contribution in [2.24, 2.45) is 0 Å². The first-order chi connectivity index (χ1) is 6.69. The Morgan fingerprint density at radius 2 is 1.86 bits per heavy atom. The van der Waals surface area contributed by atoms with E-state index in [1.54, 1.807) is 0 Å². The molecule has 0 heterocycles. The Balaban J connectivity index is 3.22. The summed E-state index contributed by atoms with van der Waals surface area (Å²) >= 11 is 0. The molecule has 0 saturated heterocycles. The minimum atomic E-state index is 1.30. The Morgan fingerprint density at radius 1 is 1.14 bits per heavy atom. The van der Waals surface area contributed by atoms with Crippen LogP contribution in [0.25, 0.3) is 5.57 Å². The van der Waals surface area contributed by atoms with Gasteiger partial charge in [-0.05, 0) is 44.4 Å². The highest BCUT2D eigenvalue weighted by atomic mass is 14.1. The highest BCUT2D eigenvalue weighted by Crippen LogP contribution is 2.21. The van der Waals surface area contributed by atoms with Crippen LogP contribution in [0.2, 0.25) is 0 Å². The lowest BCUT2D eigenvalue weighted by molar-refractivity contribution is 1.36. The average Bonchev–Trinajstić information content (AvgIpc) is 2.18. The molecule has 0 nitrogen and oxygen atoms in total. The van der Waals surface area contributed by atoms with Gasteiger partial charge in [0.2, 0.25) is 0 Å². The molecule has 0 aromatic heterocycles. The third-order valence-electron chi connectivity index (χ3n) is 2.36. The molecule has 0 atom stereocenters. The first-order valence-corrected chi connectivity index (χ1v) is 5.05.